The zero-order valence-electron chi connectivity index (χ0n) is 14.4. The number of anilines is 1. The summed E-state index contributed by atoms with van der Waals surface area (Å²) in [7, 11) is 0. The van der Waals surface area contributed by atoms with Gasteiger partial charge in [0.1, 0.15) is 0 Å². The summed E-state index contributed by atoms with van der Waals surface area (Å²) in [6.07, 6.45) is 9.14. The summed E-state index contributed by atoms with van der Waals surface area (Å²) < 4.78 is 0. The maximum atomic E-state index is 12.3. The average Bonchev–Trinajstić information content (AvgIpc) is 2.53. The van der Waals surface area contributed by atoms with Crippen LogP contribution in [0.3, 0.4) is 0 Å². The molecule has 0 unspecified atom stereocenters. The van der Waals surface area contributed by atoms with E-state index in [0.717, 1.165) is 42.0 Å². The Hall–Kier alpha value is -1.55. The summed E-state index contributed by atoms with van der Waals surface area (Å²) >= 11 is 0. The standard InChI is InChI=1S/C20H29N3O/c21-5-4-14-2-1-3-18(9-14)23-19(24)22-13-20-10-15-6-16(11-20)8-17(7-15)12-20/h1-3,9,15-17H,4-8,10-13,21H2,(H2,22,23,24). The zero-order valence-corrected chi connectivity index (χ0v) is 14.4. The molecule has 5 rings (SSSR count). The van der Waals surface area contributed by atoms with Crippen molar-refractivity contribution in [1.82, 2.24) is 5.32 Å². The van der Waals surface area contributed by atoms with E-state index in [1.54, 1.807) is 0 Å². The second-order valence-corrected chi connectivity index (χ2v) is 8.46. The zero-order chi connectivity index (χ0) is 16.6. The topological polar surface area (TPSA) is 67.1 Å². The normalized spacial score (nSPS) is 33.5. The molecule has 0 atom stereocenters. The first-order valence-corrected chi connectivity index (χ1v) is 9.48. The van der Waals surface area contributed by atoms with Gasteiger partial charge in [0, 0.05) is 12.2 Å². The van der Waals surface area contributed by atoms with Crippen molar-refractivity contribution in [3.8, 4) is 0 Å². The average molecular weight is 327 g/mol. The number of nitrogens with two attached hydrogens (primary N) is 1. The van der Waals surface area contributed by atoms with E-state index in [9.17, 15) is 4.79 Å². The van der Waals surface area contributed by atoms with E-state index in [1.165, 1.54) is 38.5 Å². The van der Waals surface area contributed by atoms with Crippen molar-refractivity contribution >= 4 is 11.7 Å². The molecule has 0 radical (unpaired) electrons. The molecule has 2 amide bonds. The first kappa shape index (κ1) is 15.9. The van der Waals surface area contributed by atoms with Gasteiger partial charge in [-0.3, -0.25) is 0 Å². The van der Waals surface area contributed by atoms with Crippen molar-refractivity contribution in [2.75, 3.05) is 18.4 Å². The molecule has 4 heteroatoms. The highest BCUT2D eigenvalue weighted by molar-refractivity contribution is 5.89. The Kier molecular flexibility index (Phi) is 4.25. The van der Waals surface area contributed by atoms with Gasteiger partial charge in [-0.2, -0.15) is 0 Å². The van der Waals surface area contributed by atoms with E-state index >= 15 is 0 Å². The van der Waals surface area contributed by atoms with Crippen LogP contribution in [0.4, 0.5) is 10.5 Å². The largest absolute Gasteiger partial charge is 0.337 e. The minimum absolute atomic E-state index is 0.0735. The molecule has 1 aromatic carbocycles. The summed E-state index contributed by atoms with van der Waals surface area (Å²) in [5, 5.41) is 6.15. The smallest absolute Gasteiger partial charge is 0.319 e. The molecule has 0 aromatic heterocycles. The fourth-order valence-corrected chi connectivity index (χ4v) is 5.92. The molecule has 0 spiro atoms. The van der Waals surface area contributed by atoms with Crippen molar-refractivity contribution in [2.45, 2.75) is 44.9 Å². The van der Waals surface area contributed by atoms with Gasteiger partial charge in [-0.1, -0.05) is 12.1 Å². The second kappa shape index (κ2) is 6.40. The third-order valence-electron chi connectivity index (χ3n) is 6.41. The van der Waals surface area contributed by atoms with Crippen molar-refractivity contribution in [3.63, 3.8) is 0 Å². The van der Waals surface area contributed by atoms with E-state index in [4.69, 9.17) is 5.73 Å². The van der Waals surface area contributed by atoms with Crippen LogP contribution in [-0.2, 0) is 6.42 Å². The van der Waals surface area contributed by atoms with Gasteiger partial charge < -0.3 is 16.4 Å². The third kappa shape index (κ3) is 3.30. The SMILES string of the molecule is NCCc1cccc(NC(=O)NCC23CC4CC(CC(C4)C2)C3)c1. The fourth-order valence-electron chi connectivity index (χ4n) is 5.92. The summed E-state index contributed by atoms with van der Waals surface area (Å²) in [5.74, 6) is 2.78. The molecule has 0 saturated heterocycles. The lowest BCUT2D eigenvalue weighted by Crippen LogP contribution is -2.51. The Morgan fingerprint density at radius 2 is 1.79 bits per heavy atom. The highest BCUT2D eigenvalue weighted by Crippen LogP contribution is 2.59. The van der Waals surface area contributed by atoms with Gasteiger partial charge in [0.25, 0.3) is 0 Å². The van der Waals surface area contributed by atoms with Crippen LogP contribution in [0, 0.1) is 23.2 Å². The van der Waals surface area contributed by atoms with Gasteiger partial charge in [-0.15, -0.1) is 0 Å². The number of urea groups is 1. The molecule has 24 heavy (non-hydrogen) atoms. The Balaban J connectivity index is 1.33. The van der Waals surface area contributed by atoms with Crippen LogP contribution in [0.1, 0.15) is 44.1 Å². The Morgan fingerprint density at radius 3 is 2.42 bits per heavy atom. The first-order valence-electron chi connectivity index (χ1n) is 9.48. The van der Waals surface area contributed by atoms with E-state index in [2.05, 4.69) is 10.6 Å². The van der Waals surface area contributed by atoms with Gasteiger partial charge in [-0.25, -0.2) is 4.79 Å². The van der Waals surface area contributed by atoms with Crippen LogP contribution in [0.15, 0.2) is 24.3 Å². The van der Waals surface area contributed by atoms with E-state index < -0.39 is 0 Å². The van der Waals surface area contributed by atoms with E-state index in [0.29, 0.717) is 12.0 Å². The van der Waals surface area contributed by atoms with Gasteiger partial charge in [-0.05, 0) is 92.4 Å². The Labute approximate surface area is 144 Å². The van der Waals surface area contributed by atoms with Crippen LogP contribution < -0.4 is 16.4 Å². The molecule has 4 saturated carbocycles. The molecule has 4 bridgehead atoms. The molecule has 4 aliphatic carbocycles. The molecule has 4 nitrogen and oxygen atoms in total. The molecular weight excluding hydrogens is 298 g/mol. The molecule has 1 aromatic rings. The monoisotopic (exact) mass is 327 g/mol. The van der Waals surface area contributed by atoms with Crippen molar-refractivity contribution in [3.05, 3.63) is 29.8 Å². The predicted octanol–water partition coefficient (Wildman–Crippen LogP) is 3.53. The summed E-state index contributed by atoms with van der Waals surface area (Å²) in [4.78, 5) is 12.3. The highest BCUT2D eigenvalue weighted by Gasteiger charge is 2.50. The molecule has 0 heterocycles. The Bertz CT molecular complexity index is 577. The number of hydrogen-bond acceptors (Lipinski definition) is 2. The molecular formula is C20H29N3O. The molecule has 4 fully saturated rings. The van der Waals surface area contributed by atoms with Gasteiger partial charge in [0.2, 0.25) is 0 Å². The van der Waals surface area contributed by atoms with Gasteiger partial charge >= 0.3 is 6.03 Å². The minimum Gasteiger partial charge on any atom is -0.337 e. The number of carbonyl (C=O) groups excluding carboxylic acids is 1. The lowest BCUT2D eigenvalue weighted by atomic mass is 9.49. The van der Waals surface area contributed by atoms with Crippen LogP contribution in [0.25, 0.3) is 0 Å². The van der Waals surface area contributed by atoms with Crippen molar-refractivity contribution in [1.29, 1.82) is 0 Å². The van der Waals surface area contributed by atoms with E-state index in [-0.39, 0.29) is 6.03 Å². The number of amides is 2. The van der Waals surface area contributed by atoms with Gasteiger partial charge in [0.05, 0.1) is 0 Å². The maximum Gasteiger partial charge on any atom is 0.319 e. The molecule has 0 aliphatic heterocycles. The number of carbonyl (C=O) groups is 1. The van der Waals surface area contributed by atoms with E-state index in [1.807, 2.05) is 24.3 Å². The Morgan fingerprint density at radius 1 is 1.12 bits per heavy atom. The molecule has 4 N–H and O–H groups in total. The lowest BCUT2D eigenvalue weighted by Gasteiger charge is -2.56. The first-order chi connectivity index (χ1) is 11.6. The number of nitrogens with one attached hydrogen (secondary N) is 2. The minimum atomic E-state index is -0.0735. The van der Waals surface area contributed by atoms with Gasteiger partial charge in [0.15, 0.2) is 0 Å². The van der Waals surface area contributed by atoms with Crippen LogP contribution in [-0.4, -0.2) is 19.1 Å². The lowest BCUT2D eigenvalue weighted by molar-refractivity contribution is -0.0496. The van der Waals surface area contributed by atoms with Crippen LogP contribution in [0.2, 0.25) is 0 Å². The molecule has 4 aliphatic rings. The van der Waals surface area contributed by atoms with Crippen LogP contribution in [0.5, 0.6) is 0 Å². The summed E-state index contributed by atoms with van der Waals surface area (Å²) in [6.45, 7) is 1.46. The highest BCUT2D eigenvalue weighted by atomic mass is 16.2. The summed E-state index contributed by atoms with van der Waals surface area (Å²) in [6, 6.07) is 7.89. The fraction of sp³-hybridized carbons (Fsp3) is 0.650. The number of hydrogen-bond donors (Lipinski definition) is 3. The van der Waals surface area contributed by atoms with Crippen molar-refractivity contribution in [2.24, 2.45) is 28.9 Å². The second-order valence-electron chi connectivity index (χ2n) is 8.46. The maximum absolute atomic E-state index is 12.3. The quantitative estimate of drug-likeness (QED) is 0.774. The van der Waals surface area contributed by atoms with Crippen molar-refractivity contribution < 1.29 is 4.79 Å². The number of benzene rings is 1. The summed E-state index contributed by atoms with van der Waals surface area (Å²) in [5.41, 5.74) is 8.00. The third-order valence-corrected chi connectivity index (χ3v) is 6.41. The number of rotatable bonds is 5. The predicted molar refractivity (Wildman–Crippen MR) is 96.8 cm³/mol. The van der Waals surface area contributed by atoms with Crippen LogP contribution >= 0.6 is 0 Å². The molecule has 130 valence electrons.